The zero-order valence-corrected chi connectivity index (χ0v) is 22.3. The van der Waals surface area contributed by atoms with Crippen molar-refractivity contribution >= 4 is 29.8 Å². The predicted octanol–water partition coefficient (Wildman–Crippen LogP) is 3.02. The molecule has 3 amide bonds. The average molecular weight is 513 g/mol. The fourth-order valence-corrected chi connectivity index (χ4v) is 4.50. The standard InChI is InChI=1S/C28H40N4O5/c1-18(2)25-26(34)29-19(3)27(35)32-16-10-14-23(31-32)28(36)37-20(4)22-13-9-12-21(17-22)11-7-5-6-8-15-24(33)30-25/h7,9,11-13,17-20,23,25,31H,5-6,8,10,14-16H2,1-4H3,(H,29,34)(H,30,33)/b11-7+/t19-,20+,23-,25-/m0/s1. The van der Waals surface area contributed by atoms with E-state index in [1.54, 1.807) is 6.92 Å². The van der Waals surface area contributed by atoms with Crippen LogP contribution in [0.5, 0.6) is 0 Å². The number of hydrogen-bond acceptors (Lipinski definition) is 6. The van der Waals surface area contributed by atoms with E-state index in [1.165, 1.54) is 5.01 Å². The first-order valence-electron chi connectivity index (χ1n) is 13.3. The Kier molecular flexibility index (Phi) is 10.3. The summed E-state index contributed by atoms with van der Waals surface area (Å²) >= 11 is 0. The molecule has 4 atom stereocenters. The van der Waals surface area contributed by atoms with Crippen molar-refractivity contribution in [1.29, 1.82) is 0 Å². The highest BCUT2D eigenvalue weighted by atomic mass is 16.5. The van der Waals surface area contributed by atoms with Crippen molar-refractivity contribution in [3.63, 3.8) is 0 Å². The predicted molar refractivity (Wildman–Crippen MR) is 141 cm³/mol. The van der Waals surface area contributed by atoms with Crippen LogP contribution in [0.1, 0.15) is 83.5 Å². The Morgan fingerprint density at radius 3 is 2.57 bits per heavy atom. The van der Waals surface area contributed by atoms with Crippen LogP contribution in [-0.2, 0) is 23.9 Å². The van der Waals surface area contributed by atoms with Gasteiger partial charge in [-0.2, -0.15) is 0 Å². The van der Waals surface area contributed by atoms with Gasteiger partial charge in [-0.15, -0.1) is 0 Å². The lowest BCUT2D eigenvalue weighted by Crippen LogP contribution is -2.61. The maximum Gasteiger partial charge on any atom is 0.325 e. The number of ether oxygens (including phenoxy) is 1. The van der Waals surface area contributed by atoms with E-state index in [2.05, 4.69) is 22.1 Å². The fourth-order valence-electron chi connectivity index (χ4n) is 4.50. The number of cyclic esters (lactones) is 1. The van der Waals surface area contributed by atoms with E-state index < -0.39 is 36.1 Å². The molecule has 9 nitrogen and oxygen atoms in total. The number of fused-ring (bicyclic) bond motifs is 4. The number of rotatable bonds is 1. The number of hydrogen-bond donors (Lipinski definition) is 3. The van der Waals surface area contributed by atoms with Crippen molar-refractivity contribution in [1.82, 2.24) is 21.1 Å². The second-order valence-electron chi connectivity index (χ2n) is 10.2. The average Bonchev–Trinajstić information content (AvgIpc) is 2.88. The van der Waals surface area contributed by atoms with Gasteiger partial charge in [-0.3, -0.25) is 24.2 Å². The number of amides is 3. The Hall–Kier alpha value is -3.20. The van der Waals surface area contributed by atoms with Crippen LogP contribution in [0.2, 0.25) is 0 Å². The molecular formula is C28H40N4O5. The molecule has 1 saturated heterocycles. The van der Waals surface area contributed by atoms with Crippen LogP contribution < -0.4 is 16.1 Å². The number of nitrogens with one attached hydrogen (secondary N) is 3. The smallest absolute Gasteiger partial charge is 0.325 e. The number of allylic oxidation sites excluding steroid dienone is 1. The lowest BCUT2D eigenvalue weighted by molar-refractivity contribution is -0.157. The van der Waals surface area contributed by atoms with Gasteiger partial charge in [0.05, 0.1) is 0 Å². The van der Waals surface area contributed by atoms with E-state index in [1.807, 2.05) is 51.1 Å². The van der Waals surface area contributed by atoms with Gasteiger partial charge in [0, 0.05) is 13.0 Å². The van der Waals surface area contributed by atoms with E-state index in [0.29, 0.717) is 32.2 Å². The summed E-state index contributed by atoms with van der Waals surface area (Å²) in [4.78, 5) is 51.5. The second-order valence-corrected chi connectivity index (χ2v) is 10.2. The van der Waals surface area contributed by atoms with Crippen LogP contribution in [0.15, 0.2) is 30.3 Å². The third-order valence-electron chi connectivity index (χ3n) is 6.74. The topological polar surface area (TPSA) is 117 Å². The number of esters is 1. The van der Waals surface area contributed by atoms with Crippen molar-refractivity contribution in [2.75, 3.05) is 6.54 Å². The minimum absolute atomic E-state index is 0.148. The van der Waals surface area contributed by atoms with Crippen molar-refractivity contribution in [2.45, 2.75) is 90.4 Å². The highest BCUT2D eigenvalue weighted by Gasteiger charge is 2.33. The Bertz CT molecular complexity index is 1010. The van der Waals surface area contributed by atoms with Gasteiger partial charge >= 0.3 is 5.97 Å². The Morgan fingerprint density at radius 2 is 1.81 bits per heavy atom. The summed E-state index contributed by atoms with van der Waals surface area (Å²) in [7, 11) is 0. The highest BCUT2D eigenvalue weighted by Crippen LogP contribution is 2.21. The van der Waals surface area contributed by atoms with Gasteiger partial charge in [-0.25, -0.2) is 5.43 Å². The molecule has 2 aliphatic heterocycles. The van der Waals surface area contributed by atoms with E-state index in [-0.39, 0.29) is 17.7 Å². The van der Waals surface area contributed by atoms with E-state index in [0.717, 1.165) is 24.0 Å². The molecular weight excluding hydrogens is 472 g/mol. The maximum atomic E-state index is 13.1. The van der Waals surface area contributed by atoms with Crippen molar-refractivity contribution in [3.05, 3.63) is 41.5 Å². The first kappa shape index (κ1) is 28.4. The van der Waals surface area contributed by atoms with Gasteiger partial charge in [0.25, 0.3) is 5.91 Å². The molecule has 37 heavy (non-hydrogen) atoms. The zero-order valence-electron chi connectivity index (χ0n) is 22.3. The number of carbonyl (C=O) groups is 4. The summed E-state index contributed by atoms with van der Waals surface area (Å²) in [6.07, 6.45) is 7.50. The number of hydrazine groups is 1. The molecule has 1 aromatic rings. The quantitative estimate of drug-likeness (QED) is 0.498. The van der Waals surface area contributed by atoms with Crippen molar-refractivity contribution in [2.24, 2.45) is 5.92 Å². The number of benzene rings is 1. The maximum absolute atomic E-state index is 13.1. The normalized spacial score (nSPS) is 27.9. The molecule has 0 aromatic heterocycles. The van der Waals surface area contributed by atoms with Crippen molar-refractivity contribution < 1.29 is 23.9 Å². The molecule has 1 fully saturated rings. The van der Waals surface area contributed by atoms with Gasteiger partial charge in [-0.1, -0.05) is 44.2 Å². The van der Waals surface area contributed by atoms with E-state index >= 15 is 0 Å². The first-order chi connectivity index (χ1) is 17.7. The Balaban J connectivity index is 1.79. The summed E-state index contributed by atoms with van der Waals surface area (Å²) < 4.78 is 5.74. The Morgan fingerprint density at radius 1 is 1.03 bits per heavy atom. The number of nitrogens with zero attached hydrogens (tertiary/aromatic N) is 1. The largest absolute Gasteiger partial charge is 0.457 e. The molecule has 0 unspecified atom stereocenters. The summed E-state index contributed by atoms with van der Waals surface area (Å²) in [5.74, 6) is -1.51. The number of carbonyl (C=O) groups excluding carboxylic acids is 4. The fraction of sp³-hybridized carbons (Fsp3) is 0.571. The SMILES string of the molecule is CC(C)[C@@H]1NC(=O)CCCC/C=C/c2cccc(c2)[C@@H](C)OC(=O)[C@@H]2CCCN(N2)C(=O)[C@H](C)NC1=O. The molecule has 0 spiro atoms. The molecule has 202 valence electrons. The van der Waals surface area contributed by atoms with Crippen LogP contribution in [-0.4, -0.2) is 53.4 Å². The second kappa shape index (κ2) is 13.4. The highest BCUT2D eigenvalue weighted by molar-refractivity contribution is 5.92. The Labute approximate surface area is 219 Å². The zero-order chi connectivity index (χ0) is 26.9. The minimum Gasteiger partial charge on any atom is -0.457 e. The lowest BCUT2D eigenvalue weighted by Gasteiger charge is -2.35. The molecule has 2 heterocycles. The van der Waals surface area contributed by atoms with Gasteiger partial charge < -0.3 is 15.4 Å². The van der Waals surface area contributed by atoms with Gasteiger partial charge in [0.2, 0.25) is 11.8 Å². The van der Waals surface area contributed by atoms with Gasteiger partial charge in [0.15, 0.2) is 0 Å². The molecule has 0 radical (unpaired) electrons. The molecule has 0 saturated carbocycles. The van der Waals surface area contributed by atoms with Crippen LogP contribution >= 0.6 is 0 Å². The molecule has 0 aliphatic carbocycles. The monoisotopic (exact) mass is 512 g/mol. The summed E-state index contributed by atoms with van der Waals surface area (Å²) in [6, 6.07) is 5.60. The molecule has 9 heteroatoms. The van der Waals surface area contributed by atoms with Crippen LogP contribution in [0.4, 0.5) is 0 Å². The summed E-state index contributed by atoms with van der Waals surface area (Å²) in [5.41, 5.74) is 4.87. The molecule has 3 N–H and O–H groups in total. The third kappa shape index (κ3) is 8.15. The van der Waals surface area contributed by atoms with E-state index in [4.69, 9.17) is 4.74 Å². The van der Waals surface area contributed by atoms with E-state index in [9.17, 15) is 19.2 Å². The lowest BCUT2D eigenvalue weighted by atomic mass is 10.0. The summed E-state index contributed by atoms with van der Waals surface area (Å²) in [5, 5.41) is 6.94. The summed E-state index contributed by atoms with van der Waals surface area (Å²) in [6.45, 7) is 7.55. The molecule has 2 aliphatic rings. The molecule has 4 bridgehead atoms. The van der Waals surface area contributed by atoms with Gasteiger partial charge in [0.1, 0.15) is 24.2 Å². The van der Waals surface area contributed by atoms with Crippen LogP contribution in [0.3, 0.4) is 0 Å². The van der Waals surface area contributed by atoms with Gasteiger partial charge in [-0.05, 0) is 69.1 Å². The third-order valence-corrected chi connectivity index (χ3v) is 6.74. The van der Waals surface area contributed by atoms with Crippen molar-refractivity contribution in [3.8, 4) is 0 Å². The molecule has 1 aromatic carbocycles. The first-order valence-corrected chi connectivity index (χ1v) is 13.3. The molecule has 3 rings (SSSR count). The van der Waals surface area contributed by atoms with Crippen LogP contribution in [0.25, 0.3) is 6.08 Å². The minimum atomic E-state index is -0.834. The van der Waals surface area contributed by atoms with Crippen LogP contribution in [0, 0.1) is 5.92 Å².